The van der Waals surface area contributed by atoms with Gasteiger partial charge in [0.1, 0.15) is 4.90 Å². The Morgan fingerprint density at radius 3 is 2.71 bits per heavy atom. The van der Waals surface area contributed by atoms with Crippen molar-refractivity contribution in [1.82, 2.24) is 9.62 Å². The molecule has 0 aliphatic carbocycles. The number of sulfonamides is 1. The molecule has 1 aliphatic rings. The summed E-state index contributed by atoms with van der Waals surface area (Å²) in [6.07, 6.45) is 0.788. The molecule has 0 aromatic heterocycles. The van der Waals surface area contributed by atoms with Crippen molar-refractivity contribution < 1.29 is 13.2 Å². The number of hydrogen-bond acceptors (Lipinski definition) is 5. The number of nitrogens with zero attached hydrogens (tertiary/aromatic N) is 2. The van der Waals surface area contributed by atoms with E-state index in [9.17, 15) is 13.2 Å². The Balaban J connectivity index is 2.45. The number of para-hydroxylation sites is 1. The standard InChI is InChI=1S/C13H20N4O3S/c1-16(2)21(19,20)11-6-3-5-10(13(11)14)17-8-4-7-15-12(18)9-17/h3,5-6H,4,7-9,14H2,1-2H3,(H,15,18). The first-order valence-corrected chi connectivity index (χ1v) is 8.10. The zero-order valence-corrected chi connectivity index (χ0v) is 13.0. The number of anilines is 2. The second-order valence-electron chi connectivity index (χ2n) is 5.10. The maximum Gasteiger partial charge on any atom is 0.244 e. The van der Waals surface area contributed by atoms with Gasteiger partial charge in [0.25, 0.3) is 0 Å². The van der Waals surface area contributed by atoms with Crippen molar-refractivity contribution >= 4 is 27.3 Å². The van der Waals surface area contributed by atoms with Crippen molar-refractivity contribution in [3.8, 4) is 0 Å². The van der Waals surface area contributed by atoms with Gasteiger partial charge in [-0.3, -0.25) is 4.79 Å². The van der Waals surface area contributed by atoms with Gasteiger partial charge in [-0.1, -0.05) is 6.07 Å². The summed E-state index contributed by atoms with van der Waals surface area (Å²) in [5.74, 6) is -0.0900. The van der Waals surface area contributed by atoms with Crippen LogP contribution in [0.3, 0.4) is 0 Å². The first kappa shape index (κ1) is 15.6. The minimum atomic E-state index is -3.61. The fraction of sp³-hybridized carbons (Fsp3) is 0.462. The van der Waals surface area contributed by atoms with Gasteiger partial charge in [0, 0.05) is 27.2 Å². The molecule has 0 radical (unpaired) electrons. The Labute approximate surface area is 124 Å². The van der Waals surface area contributed by atoms with Crippen LogP contribution in [0.1, 0.15) is 6.42 Å². The maximum absolute atomic E-state index is 12.3. The van der Waals surface area contributed by atoms with Gasteiger partial charge in [-0.2, -0.15) is 0 Å². The zero-order chi connectivity index (χ0) is 15.6. The summed E-state index contributed by atoms with van der Waals surface area (Å²) < 4.78 is 25.7. The number of hydrogen-bond donors (Lipinski definition) is 2. The highest BCUT2D eigenvalue weighted by Crippen LogP contribution is 2.31. The lowest BCUT2D eigenvalue weighted by molar-refractivity contribution is -0.119. The van der Waals surface area contributed by atoms with E-state index < -0.39 is 10.0 Å². The van der Waals surface area contributed by atoms with Crippen LogP contribution in [0.25, 0.3) is 0 Å². The molecule has 1 fully saturated rings. The highest BCUT2D eigenvalue weighted by atomic mass is 32.2. The maximum atomic E-state index is 12.3. The number of benzene rings is 1. The molecule has 3 N–H and O–H groups in total. The molecule has 7 nitrogen and oxygen atoms in total. The molecule has 0 saturated carbocycles. The topological polar surface area (TPSA) is 95.7 Å². The Bertz CT molecular complexity index is 643. The van der Waals surface area contributed by atoms with Crippen LogP contribution in [0.2, 0.25) is 0 Å². The quantitative estimate of drug-likeness (QED) is 0.757. The summed E-state index contributed by atoms with van der Waals surface area (Å²) >= 11 is 0. The molecule has 2 rings (SSSR count). The predicted octanol–water partition coefficient (Wildman–Crippen LogP) is -0.155. The van der Waals surface area contributed by atoms with Gasteiger partial charge >= 0.3 is 0 Å². The normalized spacial score (nSPS) is 16.7. The number of nitrogens with one attached hydrogen (secondary N) is 1. The largest absolute Gasteiger partial charge is 0.396 e. The van der Waals surface area contributed by atoms with Crippen LogP contribution < -0.4 is 16.0 Å². The summed E-state index contributed by atoms with van der Waals surface area (Å²) in [6, 6.07) is 4.86. The van der Waals surface area contributed by atoms with Gasteiger partial charge in [-0.05, 0) is 18.6 Å². The smallest absolute Gasteiger partial charge is 0.244 e. The van der Waals surface area contributed by atoms with E-state index in [1.807, 2.05) is 4.90 Å². The van der Waals surface area contributed by atoms with E-state index in [4.69, 9.17) is 5.73 Å². The highest BCUT2D eigenvalue weighted by molar-refractivity contribution is 7.89. The average molecular weight is 312 g/mol. The molecule has 1 aromatic carbocycles. The van der Waals surface area contributed by atoms with Crippen LogP contribution in [0.4, 0.5) is 11.4 Å². The summed E-state index contributed by atoms with van der Waals surface area (Å²) in [7, 11) is -0.692. The molecule has 116 valence electrons. The Morgan fingerprint density at radius 2 is 2.05 bits per heavy atom. The van der Waals surface area contributed by atoms with E-state index in [1.54, 1.807) is 12.1 Å². The number of amides is 1. The molecule has 0 unspecified atom stereocenters. The predicted molar refractivity (Wildman–Crippen MR) is 81.6 cm³/mol. The second kappa shape index (κ2) is 5.90. The van der Waals surface area contributed by atoms with Crippen molar-refractivity contribution in [1.29, 1.82) is 0 Å². The van der Waals surface area contributed by atoms with Crippen LogP contribution in [-0.4, -0.2) is 52.4 Å². The molecule has 0 spiro atoms. The van der Waals surface area contributed by atoms with Gasteiger partial charge in [-0.25, -0.2) is 12.7 Å². The molecular formula is C13H20N4O3S. The summed E-state index contributed by atoms with van der Waals surface area (Å²) in [4.78, 5) is 13.5. The highest BCUT2D eigenvalue weighted by Gasteiger charge is 2.24. The minimum Gasteiger partial charge on any atom is -0.396 e. The van der Waals surface area contributed by atoms with Crippen LogP contribution >= 0.6 is 0 Å². The molecule has 21 heavy (non-hydrogen) atoms. The van der Waals surface area contributed by atoms with Crippen molar-refractivity contribution in [2.45, 2.75) is 11.3 Å². The van der Waals surface area contributed by atoms with E-state index in [-0.39, 0.29) is 23.0 Å². The molecule has 1 amide bonds. The van der Waals surface area contributed by atoms with Gasteiger partial charge < -0.3 is 16.0 Å². The van der Waals surface area contributed by atoms with Crippen molar-refractivity contribution in [3.05, 3.63) is 18.2 Å². The monoisotopic (exact) mass is 312 g/mol. The van der Waals surface area contributed by atoms with E-state index >= 15 is 0 Å². The number of carbonyl (C=O) groups is 1. The van der Waals surface area contributed by atoms with Crippen LogP contribution in [0.15, 0.2) is 23.1 Å². The van der Waals surface area contributed by atoms with Gasteiger partial charge in [-0.15, -0.1) is 0 Å². The van der Waals surface area contributed by atoms with E-state index in [2.05, 4.69) is 5.32 Å². The minimum absolute atomic E-state index is 0.0645. The number of rotatable bonds is 3. The van der Waals surface area contributed by atoms with Crippen LogP contribution in [-0.2, 0) is 14.8 Å². The van der Waals surface area contributed by atoms with Crippen molar-refractivity contribution in [2.75, 3.05) is 44.4 Å². The van der Waals surface area contributed by atoms with Gasteiger partial charge in [0.05, 0.1) is 17.9 Å². The molecule has 1 saturated heterocycles. The third-order valence-corrected chi connectivity index (χ3v) is 5.28. The number of nitrogens with two attached hydrogens (primary N) is 1. The number of nitrogen functional groups attached to an aromatic ring is 1. The third-order valence-electron chi connectivity index (χ3n) is 3.40. The molecule has 8 heteroatoms. The third kappa shape index (κ3) is 3.11. The summed E-state index contributed by atoms with van der Waals surface area (Å²) in [5, 5.41) is 2.78. The van der Waals surface area contributed by atoms with Crippen molar-refractivity contribution in [3.63, 3.8) is 0 Å². The Morgan fingerprint density at radius 1 is 1.33 bits per heavy atom. The lowest BCUT2D eigenvalue weighted by Crippen LogP contribution is -2.33. The molecule has 1 aliphatic heterocycles. The number of carbonyl (C=O) groups excluding carboxylic acids is 1. The molecule has 1 heterocycles. The summed E-state index contributed by atoms with van der Waals surface area (Å²) in [5.41, 5.74) is 6.82. The molecule has 0 atom stereocenters. The van der Waals surface area contributed by atoms with Crippen LogP contribution in [0.5, 0.6) is 0 Å². The Hall–Kier alpha value is -1.80. The molecule has 1 aromatic rings. The second-order valence-corrected chi connectivity index (χ2v) is 7.22. The Kier molecular flexibility index (Phi) is 4.38. The fourth-order valence-corrected chi connectivity index (χ4v) is 3.27. The van der Waals surface area contributed by atoms with Gasteiger partial charge in [0.2, 0.25) is 15.9 Å². The first-order valence-electron chi connectivity index (χ1n) is 6.66. The molecular weight excluding hydrogens is 292 g/mol. The SMILES string of the molecule is CN(C)S(=O)(=O)c1cccc(N2CCCNC(=O)C2)c1N. The fourth-order valence-electron chi connectivity index (χ4n) is 2.24. The lowest BCUT2D eigenvalue weighted by Gasteiger charge is -2.24. The summed E-state index contributed by atoms with van der Waals surface area (Å²) in [6.45, 7) is 1.44. The molecule has 0 bridgehead atoms. The van der Waals surface area contributed by atoms with E-state index in [1.165, 1.54) is 20.2 Å². The van der Waals surface area contributed by atoms with Crippen molar-refractivity contribution in [2.24, 2.45) is 0 Å². The zero-order valence-electron chi connectivity index (χ0n) is 12.2. The lowest BCUT2D eigenvalue weighted by atomic mass is 10.2. The first-order chi connectivity index (χ1) is 9.84. The average Bonchev–Trinajstić information content (AvgIpc) is 2.63. The van der Waals surface area contributed by atoms with E-state index in [0.717, 1.165) is 10.7 Å². The van der Waals surface area contributed by atoms with Crippen LogP contribution in [0, 0.1) is 0 Å². The van der Waals surface area contributed by atoms with E-state index in [0.29, 0.717) is 18.8 Å². The van der Waals surface area contributed by atoms with Gasteiger partial charge in [0.15, 0.2) is 0 Å².